The van der Waals surface area contributed by atoms with E-state index in [1.807, 2.05) is 91.0 Å². The third kappa shape index (κ3) is 4.67. The number of rotatable bonds is 5. The number of benzene rings is 7. The van der Waals surface area contributed by atoms with Crippen LogP contribution in [0.25, 0.3) is 100 Å². The van der Waals surface area contributed by atoms with Crippen molar-refractivity contribution in [2.24, 2.45) is 0 Å². The van der Waals surface area contributed by atoms with E-state index in [2.05, 4.69) is 72.8 Å². The zero-order chi connectivity index (χ0) is 33.0. The minimum absolute atomic E-state index is 0.592. The molecule has 0 atom stereocenters. The van der Waals surface area contributed by atoms with Crippen molar-refractivity contribution >= 4 is 43.9 Å². The van der Waals surface area contributed by atoms with E-state index in [1.54, 1.807) is 0 Å². The maximum absolute atomic E-state index is 6.59. The Morgan fingerprint density at radius 1 is 0.320 bits per heavy atom. The molecule has 0 saturated heterocycles. The van der Waals surface area contributed by atoms with Gasteiger partial charge in [-0.15, -0.1) is 0 Å². The van der Waals surface area contributed by atoms with Gasteiger partial charge >= 0.3 is 0 Å². The monoisotopic (exact) mass is 641 g/mol. The number of hydrogen-bond donors (Lipinski definition) is 0. The molecule has 0 unspecified atom stereocenters. The van der Waals surface area contributed by atoms with E-state index in [0.717, 1.165) is 82.8 Å². The molecule has 0 aliphatic carbocycles. The molecule has 10 aromatic rings. The van der Waals surface area contributed by atoms with E-state index >= 15 is 0 Å². The molecule has 0 N–H and O–H groups in total. The molecule has 0 fully saturated rings. The van der Waals surface area contributed by atoms with Gasteiger partial charge in [-0.25, -0.2) is 15.0 Å². The molecule has 5 heteroatoms. The van der Waals surface area contributed by atoms with Crippen LogP contribution in [-0.4, -0.2) is 15.0 Å². The topological polar surface area (TPSA) is 65.0 Å². The third-order valence-electron chi connectivity index (χ3n) is 9.33. The van der Waals surface area contributed by atoms with Crippen LogP contribution in [0.2, 0.25) is 0 Å². The van der Waals surface area contributed by atoms with Crippen LogP contribution in [0, 0.1) is 0 Å². The average Bonchev–Trinajstić information content (AvgIpc) is 3.76. The van der Waals surface area contributed by atoms with Gasteiger partial charge in [0.1, 0.15) is 22.3 Å². The first-order valence-corrected chi connectivity index (χ1v) is 16.6. The fourth-order valence-corrected chi connectivity index (χ4v) is 6.95. The van der Waals surface area contributed by atoms with Gasteiger partial charge in [-0.05, 0) is 53.1 Å². The van der Waals surface area contributed by atoms with Crippen molar-refractivity contribution in [2.75, 3.05) is 0 Å². The van der Waals surface area contributed by atoms with Crippen LogP contribution < -0.4 is 0 Å². The Balaban J connectivity index is 1.17. The Bertz CT molecular complexity index is 2800. The summed E-state index contributed by atoms with van der Waals surface area (Å²) < 4.78 is 13.1. The second-order valence-corrected chi connectivity index (χ2v) is 12.4. The SMILES string of the molecule is c1ccc(-c2cc(-c3ccc4c(c3)oc3cccc(-c5nc(-c6ccccc6)nc(-c6ccccc6)n5)c34)c3oc4ccccc4c3c2)cc1. The van der Waals surface area contributed by atoms with Crippen LogP contribution in [0.3, 0.4) is 0 Å². The Kier molecular flexibility index (Phi) is 6.42. The van der Waals surface area contributed by atoms with E-state index in [0.29, 0.717) is 17.5 Å². The van der Waals surface area contributed by atoms with Crippen molar-refractivity contribution in [3.63, 3.8) is 0 Å². The summed E-state index contributed by atoms with van der Waals surface area (Å²) in [6, 6.07) is 55.7. The summed E-state index contributed by atoms with van der Waals surface area (Å²) in [5.41, 5.74) is 10.3. The molecule has 0 aliphatic rings. The molecule has 0 saturated carbocycles. The van der Waals surface area contributed by atoms with Crippen molar-refractivity contribution in [1.82, 2.24) is 15.0 Å². The number of aromatic nitrogens is 3. The lowest BCUT2D eigenvalue weighted by molar-refractivity contribution is 0.668. The average molecular weight is 642 g/mol. The summed E-state index contributed by atoms with van der Waals surface area (Å²) in [4.78, 5) is 14.9. The molecular weight excluding hydrogens is 615 g/mol. The van der Waals surface area contributed by atoms with Crippen molar-refractivity contribution in [3.05, 3.63) is 164 Å². The molecule has 234 valence electrons. The van der Waals surface area contributed by atoms with Crippen molar-refractivity contribution in [1.29, 1.82) is 0 Å². The lowest BCUT2D eigenvalue weighted by Gasteiger charge is -2.09. The number of fused-ring (bicyclic) bond motifs is 6. The van der Waals surface area contributed by atoms with Gasteiger partial charge < -0.3 is 8.83 Å². The molecule has 0 spiro atoms. The zero-order valence-electron chi connectivity index (χ0n) is 26.7. The van der Waals surface area contributed by atoms with E-state index in [4.69, 9.17) is 23.8 Å². The summed E-state index contributed by atoms with van der Waals surface area (Å²) in [6.45, 7) is 0. The molecule has 3 heterocycles. The van der Waals surface area contributed by atoms with Gasteiger partial charge in [0.25, 0.3) is 0 Å². The highest BCUT2D eigenvalue weighted by molar-refractivity contribution is 6.14. The van der Waals surface area contributed by atoms with E-state index in [-0.39, 0.29) is 0 Å². The highest BCUT2D eigenvalue weighted by Crippen LogP contribution is 2.42. The molecule has 7 aromatic carbocycles. The van der Waals surface area contributed by atoms with Crippen molar-refractivity contribution in [2.45, 2.75) is 0 Å². The maximum Gasteiger partial charge on any atom is 0.164 e. The van der Waals surface area contributed by atoms with Gasteiger partial charge in [-0.2, -0.15) is 0 Å². The van der Waals surface area contributed by atoms with Gasteiger partial charge in [0, 0.05) is 43.8 Å². The lowest BCUT2D eigenvalue weighted by atomic mass is 9.95. The predicted molar refractivity (Wildman–Crippen MR) is 202 cm³/mol. The molecule has 0 amide bonds. The van der Waals surface area contributed by atoms with Crippen LogP contribution in [0.5, 0.6) is 0 Å². The van der Waals surface area contributed by atoms with Gasteiger partial charge in [-0.1, -0.05) is 127 Å². The highest BCUT2D eigenvalue weighted by atomic mass is 16.3. The molecule has 10 rings (SSSR count). The number of para-hydroxylation sites is 1. The summed E-state index contributed by atoms with van der Waals surface area (Å²) in [5, 5.41) is 4.13. The fraction of sp³-hybridized carbons (Fsp3) is 0. The van der Waals surface area contributed by atoms with E-state index in [9.17, 15) is 0 Å². The van der Waals surface area contributed by atoms with E-state index < -0.39 is 0 Å². The summed E-state index contributed by atoms with van der Waals surface area (Å²) >= 11 is 0. The lowest BCUT2D eigenvalue weighted by Crippen LogP contribution is -2.00. The molecule has 50 heavy (non-hydrogen) atoms. The molecule has 0 aliphatic heterocycles. The van der Waals surface area contributed by atoms with Crippen molar-refractivity contribution < 1.29 is 8.83 Å². The highest BCUT2D eigenvalue weighted by Gasteiger charge is 2.20. The normalized spacial score (nSPS) is 11.6. The number of furan rings is 2. The van der Waals surface area contributed by atoms with Crippen LogP contribution in [-0.2, 0) is 0 Å². The second kappa shape index (κ2) is 11.4. The molecular formula is C45H27N3O2. The van der Waals surface area contributed by atoms with Gasteiger partial charge in [0.05, 0.1) is 0 Å². The van der Waals surface area contributed by atoms with E-state index in [1.165, 1.54) is 0 Å². The quantitative estimate of drug-likeness (QED) is 0.187. The largest absolute Gasteiger partial charge is 0.456 e. The Hall–Kier alpha value is -6.85. The standard InChI is InChI=1S/C45H27N3O2/c1-4-13-28(14-5-1)32-25-36(42-37(26-32)33-19-10-11-21-38(33)50-42)31-23-24-34-40(27-31)49-39-22-12-20-35(41(34)39)45-47-43(29-15-6-2-7-16-29)46-44(48-45)30-17-8-3-9-18-30/h1-27H. The Labute approximate surface area is 287 Å². The fourth-order valence-electron chi connectivity index (χ4n) is 6.95. The maximum atomic E-state index is 6.59. The minimum Gasteiger partial charge on any atom is -0.456 e. The summed E-state index contributed by atoms with van der Waals surface area (Å²) in [5.74, 6) is 1.83. The van der Waals surface area contributed by atoms with Gasteiger partial charge in [0.2, 0.25) is 0 Å². The number of hydrogen-bond acceptors (Lipinski definition) is 5. The first kappa shape index (κ1) is 28.2. The predicted octanol–water partition coefficient (Wildman–Crippen LogP) is 12.0. The van der Waals surface area contributed by atoms with Crippen LogP contribution in [0.15, 0.2) is 173 Å². The second-order valence-electron chi connectivity index (χ2n) is 12.4. The molecule has 3 aromatic heterocycles. The summed E-state index contributed by atoms with van der Waals surface area (Å²) in [6.07, 6.45) is 0. The smallest absolute Gasteiger partial charge is 0.164 e. The minimum atomic E-state index is 0.592. The molecule has 5 nitrogen and oxygen atoms in total. The zero-order valence-corrected chi connectivity index (χ0v) is 26.7. The first-order chi connectivity index (χ1) is 24.8. The first-order valence-electron chi connectivity index (χ1n) is 16.6. The Morgan fingerprint density at radius 3 is 1.66 bits per heavy atom. The summed E-state index contributed by atoms with van der Waals surface area (Å²) in [7, 11) is 0. The van der Waals surface area contributed by atoms with Crippen LogP contribution in [0.4, 0.5) is 0 Å². The van der Waals surface area contributed by atoms with Crippen molar-refractivity contribution in [3.8, 4) is 56.4 Å². The molecule has 0 radical (unpaired) electrons. The molecule has 0 bridgehead atoms. The van der Waals surface area contributed by atoms with Gasteiger partial charge in [-0.3, -0.25) is 0 Å². The van der Waals surface area contributed by atoms with Gasteiger partial charge in [0.15, 0.2) is 17.5 Å². The van der Waals surface area contributed by atoms with Crippen LogP contribution in [0.1, 0.15) is 0 Å². The number of nitrogens with zero attached hydrogens (tertiary/aromatic N) is 3. The third-order valence-corrected chi connectivity index (χ3v) is 9.33. The van der Waals surface area contributed by atoms with Crippen LogP contribution >= 0.6 is 0 Å². The Morgan fingerprint density at radius 2 is 0.940 bits per heavy atom.